The van der Waals surface area contributed by atoms with Crippen molar-refractivity contribution < 1.29 is 8.42 Å². The number of nitrogens with zero attached hydrogens (tertiary/aromatic N) is 1. The number of hydrogen-bond acceptors (Lipinski definition) is 2. The average molecular weight is 450 g/mol. The zero-order valence-corrected chi connectivity index (χ0v) is 20.6. The molecular weight excluding hydrogens is 418 g/mol. The monoisotopic (exact) mass is 449 g/mol. The van der Waals surface area contributed by atoms with Crippen LogP contribution in [0.5, 0.6) is 0 Å². The summed E-state index contributed by atoms with van der Waals surface area (Å²) in [5.41, 5.74) is 2.02. The number of benzene rings is 3. The molecule has 0 aromatic heterocycles. The topological polar surface area (TPSA) is 37.4 Å². The number of sulfonamides is 1. The van der Waals surface area contributed by atoms with Crippen molar-refractivity contribution >= 4 is 23.3 Å². The number of allylic oxidation sites excluding steroid dienone is 1. The summed E-state index contributed by atoms with van der Waals surface area (Å²) in [6, 6.07) is 27.4. The normalized spacial score (nSPS) is 12.9. The molecule has 0 aliphatic carbocycles. The van der Waals surface area contributed by atoms with E-state index >= 15 is 0 Å². The Hall–Kier alpha value is -2.47. The zero-order valence-electron chi connectivity index (χ0n) is 18.7. The molecule has 3 nitrogen and oxygen atoms in total. The Kier molecular flexibility index (Phi) is 7.31. The summed E-state index contributed by atoms with van der Waals surface area (Å²) < 4.78 is 29.0. The molecule has 0 N–H and O–H groups in total. The molecule has 0 bridgehead atoms. The van der Waals surface area contributed by atoms with E-state index in [1.54, 1.807) is 16.4 Å². The van der Waals surface area contributed by atoms with Crippen molar-refractivity contribution in [3.63, 3.8) is 0 Å². The molecule has 0 amide bonds. The van der Waals surface area contributed by atoms with Gasteiger partial charge in [0.1, 0.15) is 8.07 Å². The van der Waals surface area contributed by atoms with Gasteiger partial charge in [-0.1, -0.05) is 108 Å². The smallest absolute Gasteiger partial charge is 0.207 e. The largest absolute Gasteiger partial charge is 0.243 e. The maximum atomic E-state index is 13.7. The lowest BCUT2D eigenvalue weighted by atomic mass is 10.2. The number of hydrogen-bond donors (Lipinski definition) is 0. The quantitative estimate of drug-likeness (QED) is 0.438. The molecular formula is C26H31NO2SSi. The van der Waals surface area contributed by atoms with E-state index in [-0.39, 0.29) is 0 Å². The molecule has 3 rings (SSSR count). The van der Waals surface area contributed by atoms with Crippen molar-refractivity contribution in [2.24, 2.45) is 0 Å². The molecule has 0 saturated heterocycles. The van der Waals surface area contributed by atoms with E-state index < -0.39 is 18.1 Å². The Morgan fingerprint density at radius 3 is 1.97 bits per heavy atom. The van der Waals surface area contributed by atoms with Crippen LogP contribution >= 0.6 is 0 Å². The molecule has 162 valence electrons. The van der Waals surface area contributed by atoms with Gasteiger partial charge in [0.15, 0.2) is 0 Å². The van der Waals surface area contributed by atoms with Crippen LogP contribution in [0.1, 0.15) is 18.1 Å². The van der Waals surface area contributed by atoms with Gasteiger partial charge in [0.25, 0.3) is 0 Å². The summed E-state index contributed by atoms with van der Waals surface area (Å²) >= 11 is 0. The lowest BCUT2D eigenvalue weighted by Crippen LogP contribution is -2.48. The van der Waals surface area contributed by atoms with Crippen LogP contribution in [0.3, 0.4) is 0 Å². The second-order valence-corrected chi connectivity index (χ2v) is 14.8. The minimum Gasteiger partial charge on any atom is -0.207 e. The molecule has 0 aliphatic heterocycles. The average Bonchev–Trinajstić information content (AvgIpc) is 2.78. The molecule has 0 spiro atoms. The van der Waals surface area contributed by atoms with Crippen molar-refractivity contribution in [2.75, 3.05) is 6.54 Å². The molecule has 0 radical (unpaired) electrons. The molecule has 31 heavy (non-hydrogen) atoms. The highest BCUT2D eigenvalue weighted by Gasteiger charge is 2.33. The first kappa shape index (κ1) is 23.2. The van der Waals surface area contributed by atoms with Gasteiger partial charge in [0.05, 0.1) is 4.90 Å². The van der Waals surface area contributed by atoms with E-state index in [1.165, 1.54) is 10.4 Å². The van der Waals surface area contributed by atoms with Gasteiger partial charge in [-0.05, 0) is 31.5 Å². The van der Waals surface area contributed by atoms with Crippen molar-refractivity contribution in [2.45, 2.75) is 38.4 Å². The highest BCUT2D eigenvalue weighted by molar-refractivity contribution is 7.89. The summed E-state index contributed by atoms with van der Waals surface area (Å²) in [5, 5.41) is 2.50. The van der Waals surface area contributed by atoms with Gasteiger partial charge in [-0.2, -0.15) is 4.31 Å². The van der Waals surface area contributed by atoms with Gasteiger partial charge in [-0.25, -0.2) is 8.42 Å². The van der Waals surface area contributed by atoms with Gasteiger partial charge < -0.3 is 0 Å². The van der Waals surface area contributed by atoms with Gasteiger partial charge in [-0.15, -0.1) is 0 Å². The maximum absolute atomic E-state index is 13.7. The third kappa shape index (κ3) is 5.42. The SMILES string of the molecule is C/C=C(/CN(Cc1ccccc1)S(=O)(=O)c1ccc(C)cc1)[Si](C)(C)c1ccccc1. The fourth-order valence-electron chi connectivity index (χ4n) is 3.75. The fraction of sp³-hybridized carbons (Fsp3) is 0.231. The minimum absolute atomic E-state index is 0.337. The van der Waals surface area contributed by atoms with Crippen LogP contribution in [0.25, 0.3) is 0 Å². The van der Waals surface area contributed by atoms with Gasteiger partial charge in [-0.3, -0.25) is 0 Å². The van der Waals surface area contributed by atoms with Crippen LogP contribution in [0, 0.1) is 6.92 Å². The van der Waals surface area contributed by atoms with Gasteiger partial charge in [0, 0.05) is 13.1 Å². The molecule has 3 aromatic rings. The summed E-state index contributed by atoms with van der Waals surface area (Å²) in [7, 11) is -5.67. The Balaban J connectivity index is 2.00. The lowest BCUT2D eigenvalue weighted by Gasteiger charge is -2.31. The van der Waals surface area contributed by atoms with Crippen molar-refractivity contribution in [1.82, 2.24) is 4.31 Å². The van der Waals surface area contributed by atoms with E-state index in [2.05, 4.69) is 43.4 Å². The van der Waals surface area contributed by atoms with Crippen LogP contribution in [-0.4, -0.2) is 27.3 Å². The van der Waals surface area contributed by atoms with Crippen molar-refractivity contribution in [3.8, 4) is 0 Å². The van der Waals surface area contributed by atoms with Gasteiger partial charge >= 0.3 is 0 Å². The molecule has 0 unspecified atom stereocenters. The first-order valence-electron chi connectivity index (χ1n) is 10.6. The van der Waals surface area contributed by atoms with Crippen molar-refractivity contribution in [1.29, 1.82) is 0 Å². The lowest BCUT2D eigenvalue weighted by molar-refractivity contribution is 0.435. The Morgan fingerprint density at radius 2 is 1.42 bits per heavy atom. The van der Waals surface area contributed by atoms with E-state index in [0.29, 0.717) is 18.0 Å². The zero-order chi connectivity index (χ0) is 22.5. The van der Waals surface area contributed by atoms with Crippen LogP contribution in [0.2, 0.25) is 13.1 Å². The molecule has 0 heterocycles. The number of rotatable bonds is 8. The predicted octanol–water partition coefficient (Wildman–Crippen LogP) is 5.29. The summed E-state index contributed by atoms with van der Waals surface area (Å²) in [6.45, 7) is 9.29. The second-order valence-electron chi connectivity index (χ2n) is 8.38. The fourth-order valence-corrected chi connectivity index (χ4v) is 7.98. The number of aryl methyl sites for hydroxylation is 1. The van der Waals surface area contributed by atoms with Crippen LogP contribution < -0.4 is 5.19 Å². The standard InChI is InChI=1S/C26H31NO2SSi/c1-5-25(31(3,4)26-14-10-7-11-15-26)21-27(20-23-12-8-6-9-13-23)30(28,29)24-18-16-22(2)17-19-24/h5-19H,20-21H2,1-4H3/b25-5-. The van der Waals surface area contributed by atoms with Gasteiger partial charge in [0.2, 0.25) is 10.0 Å². The van der Waals surface area contributed by atoms with Crippen LogP contribution in [0.4, 0.5) is 0 Å². The van der Waals surface area contributed by atoms with Crippen molar-refractivity contribution in [3.05, 3.63) is 107 Å². The first-order chi connectivity index (χ1) is 14.7. The van der Waals surface area contributed by atoms with E-state index in [1.807, 2.05) is 62.4 Å². The Morgan fingerprint density at radius 1 is 0.871 bits per heavy atom. The predicted molar refractivity (Wildman–Crippen MR) is 133 cm³/mol. The summed E-state index contributed by atoms with van der Waals surface area (Å²) in [5.74, 6) is 0. The highest BCUT2D eigenvalue weighted by Crippen LogP contribution is 2.24. The summed E-state index contributed by atoms with van der Waals surface area (Å²) in [6.07, 6.45) is 2.11. The molecule has 3 aromatic carbocycles. The van der Waals surface area contributed by atoms with E-state index in [9.17, 15) is 8.42 Å². The first-order valence-corrected chi connectivity index (χ1v) is 15.0. The third-order valence-corrected chi connectivity index (χ3v) is 11.5. The maximum Gasteiger partial charge on any atom is 0.243 e. The molecule has 0 aliphatic rings. The Bertz CT molecular complexity index is 1120. The molecule has 0 atom stereocenters. The minimum atomic E-state index is -3.65. The Labute approximate surface area is 188 Å². The third-order valence-electron chi connectivity index (χ3n) is 5.85. The molecule has 0 fully saturated rings. The highest BCUT2D eigenvalue weighted by atomic mass is 32.2. The van der Waals surface area contributed by atoms with E-state index in [4.69, 9.17) is 0 Å². The van der Waals surface area contributed by atoms with Crippen LogP contribution in [-0.2, 0) is 16.6 Å². The summed E-state index contributed by atoms with van der Waals surface area (Å²) in [4.78, 5) is 0.337. The second kappa shape index (κ2) is 9.77. The molecule has 0 saturated carbocycles. The molecule has 5 heteroatoms. The van der Waals surface area contributed by atoms with Crippen LogP contribution in [0.15, 0.2) is 101 Å². The van der Waals surface area contributed by atoms with E-state index in [0.717, 1.165) is 11.1 Å².